The van der Waals surface area contributed by atoms with Gasteiger partial charge in [-0.2, -0.15) is 0 Å². The Morgan fingerprint density at radius 1 is 0.636 bits per heavy atom. The summed E-state index contributed by atoms with van der Waals surface area (Å²) in [6, 6.07) is 25.5. The topological polar surface area (TPSA) is 9.23 Å². The molecule has 0 aliphatic heterocycles. The smallest absolute Gasteiger partial charge is 0.123 e. The predicted molar refractivity (Wildman–Crippen MR) is 89.3 cm³/mol. The van der Waals surface area contributed by atoms with Gasteiger partial charge in [-0.1, -0.05) is 66.7 Å². The summed E-state index contributed by atoms with van der Waals surface area (Å²) in [4.78, 5) is 0. The number of benzene rings is 3. The molecule has 3 aromatic carbocycles. The Bertz CT molecular complexity index is 790. The minimum Gasteiger partial charge on any atom is -0.489 e. The van der Waals surface area contributed by atoms with E-state index in [0.29, 0.717) is 6.61 Å². The molecule has 1 aliphatic rings. The van der Waals surface area contributed by atoms with E-state index in [9.17, 15) is 0 Å². The van der Waals surface area contributed by atoms with Gasteiger partial charge in [0.1, 0.15) is 12.4 Å². The van der Waals surface area contributed by atoms with Crippen LogP contribution in [0.5, 0.6) is 5.75 Å². The highest BCUT2D eigenvalue weighted by atomic mass is 16.5. The second kappa shape index (κ2) is 5.69. The standard InChI is InChI=1S/C21H18O/c1-2-7-16(8-3-1)15-22-21-12-6-11-19-13-17-9-4-5-10-18(17)14-20(19)21/h1-12H,13-15H2. The van der Waals surface area contributed by atoms with Crippen LogP contribution in [-0.4, -0.2) is 0 Å². The normalized spacial score (nSPS) is 12.4. The Kier molecular flexibility index (Phi) is 3.40. The van der Waals surface area contributed by atoms with Crippen LogP contribution >= 0.6 is 0 Å². The summed E-state index contributed by atoms with van der Waals surface area (Å²) in [5.74, 6) is 1.02. The molecular formula is C21H18O. The van der Waals surface area contributed by atoms with Gasteiger partial charge in [-0.05, 0) is 34.7 Å². The van der Waals surface area contributed by atoms with Crippen LogP contribution < -0.4 is 4.74 Å². The molecule has 4 rings (SSSR count). The van der Waals surface area contributed by atoms with Crippen molar-refractivity contribution in [3.05, 3.63) is 101 Å². The first-order chi connectivity index (χ1) is 10.9. The van der Waals surface area contributed by atoms with Crippen LogP contribution in [0.1, 0.15) is 27.8 Å². The first kappa shape index (κ1) is 13.1. The van der Waals surface area contributed by atoms with E-state index in [1.54, 1.807) is 0 Å². The van der Waals surface area contributed by atoms with E-state index >= 15 is 0 Å². The fourth-order valence-electron chi connectivity index (χ4n) is 3.15. The molecule has 0 saturated carbocycles. The third kappa shape index (κ3) is 2.50. The highest BCUT2D eigenvalue weighted by molar-refractivity contribution is 5.51. The average molecular weight is 286 g/mol. The third-order valence-corrected chi connectivity index (χ3v) is 4.33. The van der Waals surface area contributed by atoms with Crippen LogP contribution in [0.4, 0.5) is 0 Å². The van der Waals surface area contributed by atoms with Gasteiger partial charge in [-0.3, -0.25) is 0 Å². The van der Waals surface area contributed by atoms with Crippen molar-refractivity contribution in [1.29, 1.82) is 0 Å². The molecular weight excluding hydrogens is 268 g/mol. The summed E-state index contributed by atoms with van der Waals surface area (Å²) < 4.78 is 6.11. The van der Waals surface area contributed by atoms with E-state index in [-0.39, 0.29) is 0 Å². The zero-order valence-electron chi connectivity index (χ0n) is 12.5. The third-order valence-electron chi connectivity index (χ3n) is 4.33. The number of fused-ring (bicyclic) bond motifs is 2. The van der Waals surface area contributed by atoms with Gasteiger partial charge in [-0.15, -0.1) is 0 Å². The maximum absolute atomic E-state index is 6.11. The van der Waals surface area contributed by atoms with Crippen LogP contribution in [0, 0.1) is 0 Å². The maximum Gasteiger partial charge on any atom is 0.123 e. The summed E-state index contributed by atoms with van der Waals surface area (Å²) in [5, 5.41) is 0. The minimum atomic E-state index is 0.624. The van der Waals surface area contributed by atoms with Gasteiger partial charge in [0.2, 0.25) is 0 Å². The van der Waals surface area contributed by atoms with Crippen molar-refractivity contribution in [3.63, 3.8) is 0 Å². The molecule has 0 atom stereocenters. The van der Waals surface area contributed by atoms with Crippen LogP contribution in [-0.2, 0) is 19.4 Å². The summed E-state index contributed by atoms with van der Waals surface area (Å²) in [6.45, 7) is 0.624. The zero-order chi connectivity index (χ0) is 14.8. The van der Waals surface area contributed by atoms with Crippen molar-refractivity contribution in [3.8, 4) is 5.75 Å². The van der Waals surface area contributed by atoms with Crippen LogP contribution in [0.2, 0.25) is 0 Å². The Hall–Kier alpha value is -2.54. The SMILES string of the molecule is c1ccc(COc2cccc3c2Cc2ccccc2C3)cc1. The number of hydrogen-bond acceptors (Lipinski definition) is 1. The van der Waals surface area contributed by atoms with Gasteiger partial charge >= 0.3 is 0 Å². The molecule has 22 heavy (non-hydrogen) atoms. The van der Waals surface area contributed by atoms with Gasteiger partial charge in [0.05, 0.1) is 0 Å². The van der Waals surface area contributed by atoms with Crippen LogP contribution in [0.15, 0.2) is 72.8 Å². The van der Waals surface area contributed by atoms with E-state index in [1.807, 2.05) is 6.07 Å². The highest BCUT2D eigenvalue weighted by Gasteiger charge is 2.18. The molecule has 1 heteroatoms. The summed E-state index contributed by atoms with van der Waals surface area (Å²) in [7, 11) is 0. The van der Waals surface area contributed by atoms with Gasteiger partial charge in [0.25, 0.3) is 0 Å². The fourth-order valence-corrected chi connectivity index (χ4v) is 3.15. The zero-order valence-corrected chi connectivity index (χ0v) is 12.5. The molecule has 0 bridgehead atoms. The van der Waals surface area contributed by atoms with Crippen LogP contribution in [0.25, 0.3) is 0 Å². The lowest BCUT2D eigenvalue weighted by atomic mass is 9.85. The van der Waals surface area contributed by atoms with E-state index < -0.39 is 0 Å². The van der Waals surface area contributed by atoms with E-state index in [2.05, 4.69) is 66.7 Å². The summed E-state index contributed by atoms with van der Waals surface area (Å²) in [5.41, 5.74) is 6.80. The van der Waals surface area contributed by atoms with E-state index in [0.717, 1.165) is 18.6 Å². The van der Waals surface area contributed by atoms with Crippen molar-refractivity contribution in [1.82, 2.24) is 0 Å². The van der Waals surface area contributed by atoms with Crippen molar-refractivity contribution >= 4 is 0 Å². The fraction of sp³-hybridized carbons (Fsp3) is 0.143. The molecule has 0 aromatic heterocycles. The largest absolute Gasteiger partial charge is 0.489 e. The first-order valence-electron chi connectivity index (χ1n) is 7.74. The quantitative estimate of drug-likeness (QED) is 0.527. The minimum absolute atomic E-state index is 0.624. The molecule has 0 amide bonds. The lowest BCUT2D eigenvalue weighted by Gasteiger charge is -2.22. The number of hydrogen-bond donors (Lipinski definition) is 0. The second-order valence-corrected chi connectivity index (χ2v) is 5.79. The molecule has 0 radical (unpaired) electrons. The molecule has 0 unspecified atom stereocenters. The monoisotopic (exact) mass is 286 g/mol. The van der Waals surface area contributed by atoms with Gasteiger partial charge in [0, 0.05) is 12.0 Å². The number of ether oxygens (including phenoxy) is 1. The van der Waals surface area contributed by atoms with Gasteiger partial charge in [-0.25, -0.2) is 0 Å². The molecule has 1 aliphatic carbocycles. The maximum atomic E-state index is 6.11. The van der Waals surface area contributed by atoms with Gasteiger partial charge < -0.3 is 4.74 Å². The molecule has 0 spiro atoms. The molecule has 3 aromatic rings. The molecule has 0 saturated heterocycles. The molecule has 0 fully saturated rings. The lowest BCUT2D eigenvalue weighted by molar-refractivity contribution is 0.303. The molecule has 1 nitrogen and oxygen atoms in total. The van der Waals surface area contributed by atoms with Crippen LogP contribution in [0.3, 0.4) is 0 Å². The highest BCUT2D eigenvalue weighted by Crippen LogP contribution is 2.33. The van der Waals surface area contributed by atoms with E-state index in [1.165, 1.54) is 27.8 Å². The first-order valence-corrected chi connectivity index (χ1v) is 7.74. The predicted octanol–water partition coefficient (Wildman–Crippen LogP) is 4.76. The molecule has 108 valence electrons. The number of rotatable bonds is 3. The van der Waals surface area contributed by atoms with Crippen molar-refractivity contribution < 1.29 is 4.74 Å². The Morgan fingerprint density at radius 2 is 1.32 bits per heavy atom. The van der Waals surface area contributed by atoms with E-state index in [4.69, 9.17) is 4.74 Å². The summed E-state index contributed by atoms with van der Waals surface area (Å²) >= 11 is 0. The second-order valence-electron chi connectivity index (χ2n) is 5.79. The molecule has 0 N–H and O–H groups in total. The Morgan fingerprint density at radius 3 is 2.14 bits per heavy atom. The lowest BCUT2D eigenvalue weighted by Crippen LogP contribution is -2.09. The van der Waals surface area contributed by atoms with Crippen molar-refractivity contribution in [2.45, 2.75) is 19.4 Å². The Labute approximate surface area is 131 Å². The average Bonchev–Trinajstić information content (AvgIpc) is 2.59. The summed E-state index contributed by atoms with van der Waals surface area (Å²) in [6.07, 6.45) is 1.98. The van der Waals surface area contributed by atoms with Gasteiger partial charge in [0.15, 0.2) is 0 Å². The van der Waals surface area contributed by atoms with Crippen molar-refractivity contribution in [2.75, 3.05) is 0 Å². The molecule has 0 heterocycles. The van der Waals surface area contributed by atoms with Crippen molar-refractivity contribution in [2.24, 2.45) is 0 Å². The Balaban J connectivity index is 1.61.